The molecule has 2 aromatic rings. The highest BCUT2D eigenvalue weighted by molar-refractivity contribution is 7.94. The number of likely N-dealkylation sites (N-methyl/N-ethyl adjacent to an activating group) is 1. The normalized spacial score (nSPS) is 20.1. The van der Waals surface area contributed by atoms with Crippen molar-refractivity contribution in [3.8, 4) is 0 Å². The number of rotatable bonds is 7. The summed E-state index contributed by atoms with van der Waals surface area (Å²) in [5.41, 5.74) is 0.519. The number of carbonyl (C=O) groups excluding carboxylic acids is 1. The summed E-state index contributed by atoms with van der Waals surface area (Å²) in [6.07, 6.45) is 0. The third-order valence-corrected chi connectivity index (χ3v) is 9.43. The minimum atomic E-state index is -3.83. The third kappa shape index (κ3) is 4.45. The Morgan fingerprint density at radius 3 is 2.50 bits per heavy atom. The zero-order valence-electron chi connectivity index (χ0n) is 17.2. The van der Waals surface area contributed by atoms with Crippen LogP contribution in [0.25, 0.3) is 0 Å². The van der Waals surface area contributed by atoms with Gasteiger partial charge in [-0.25, -0.2) is 25.9 Å². The minimum absolute atomic E-state index is 0.0482. The Morgan fingerprint density at radius 1 is 1.30 bits per heavy atom. The highest BCUT2D eigenvalue weighted by atomic mass is 32.2. The largest absolute Gasteiger partial charge is 0.300 e. The lowest BCUT2D eigenvalue weighted by molar-refractivity contribution is -0.119. The van der Waals surface area contributed by atoms with Crippen molar-refractivity contribution in [2.45, 2.75) is 24.8 Å². The summed E-state index contributed by atoms with van der Waals surface area (Å²) >= 11 is 1.55. The highest BCUT2D eigenvalue weighted by Crippen LogP contribution is 2.31. The summed E-state index contributed by atoms with van der Waals surface area (Å²) in [4.78, 5) is 15.3. The van der Waals surface area contributed by atoms with E-state index in [0.717, 1.165) is 9.18 Å². The number of hydrogen-bond acceptors (Lipinski definition) is 7. The first-order valence-electron chi connectivity index (χ1n) is 9.31. The Kier molecular flexibility index (Phi) is 6.40. The molecule has 3 rings (SSSR count). The fraction of sp³-hybridized carbons (Fsp3) is 0.421. The standard InChI is InChI=1S/C19H25N3O5S3/c1-13-10-15(22-19(23)14(2)12-29(22,24)25)7-8-18(13)30(26,27)20-11-16(21(3)4)17-6-5-9-28-17/h5-10,14,16,20H,11-12H2,1-4H3. The van der Waals surface area contributed by atoms with Crippen LogP contribution in [0.3, 0.4) is 0 Å². The van der Waals surface area contributed by atoms with E-state index in [1.165, 1.54) is 18.2 Å². The number of anilines is 1. The fourth-order valence-corrected chi connectivity index (χ4v) is 7.43. The van der Waals surface area contributed by atoms with Crippen molar-refractivity contribution in [3.05, 3.63) is 46.2 Å². The molecule has 0 aliphatic carbocycles. The Labute approximate surface area is 181 Å². The molecule has 1 aromatic carbocycles. The van der Waals surface area contributed by atoms with Crippen molar-refractivity contribution in [1.82, 2.24) is 9.62 Å². The average molecular weight is 472 g/mol. The molecule has 2 unspecified atom stereocenters. The van der Waals surface area contributed by atoms with Gasteiger partial charge in [-0.1, -0.05) is 13.0 Å². The quantitative estimate of drug-likeness (QED) is 0.662. The monoisotopic (exact) mass is 471 g/mol. The molecule has 8 nitrogen and oxygen atoms in total. The van der Waals surface area contributed by atoms with Crippen molar-refractivity contribution >= 4 is 43.0 Å². The van der Waals surface area contributed by atoms with Gasteiger partial charge in [0.25, 0.3) is 0 Å². The lowest BCUT2D eigenvalue weighted by Crippen LogP contribution is -2.34. The zero-order chi connectivity index (χ0) is 22.3. The van der Waals surface area contributed by atoms with E-state index in [1.54, 1.807) is 25.2 Å². The number of benzene rings is 1. The molecule has 0 bridgehead atoms. The fourth-order valence-electron chi connectivity index (χ4n) is 3.43. The van der Waals surface area contributed by atoms with Crippen LogP contribution in [0.5, 0.6) is 0 Å². The second-order valence-corrected chi connectivity index (χ2v) is 12.2. The molecule has 1 saturated heterocycles. The first kappa shape index (κ1) is 22.9. The summed E-state index contributed by atoms with van der Waals surface area (Å²) in [7, 11) is -3.81. The molecule has 1 aliphatic heterocycles. The molecule has 0 saturated carbocycles. The Morgan fingerprint density at radius 2 is 2.00 bits per heavy atom. The van der Waals surface area contributed by atoms with Crippen molar-refractivity contribution in [3.63, 3.8) is 0 Å². The molecular formula is C19H25N3O5S3. The van der Waals surface area contributed by atoms with Crippen molar-refractivity contribution < 1.29 is 21.6 Å². The number of amides is 1. The maximum absolute atomic E-state index is 12.9. The van der Waals surface area contributed by atoms with Gasteiger partial charge in [-0.3, -0.25) is 4.79 Å². The van der Waals surface area contributed by atoms with Gasteiger partial charge in [-0.2, -0.15) is 0 Å². The van der Waals surface area contributed by atoms with Crippen LogP contribution in [0.2, 0.25) is 0 Å². The van der Waals surface area contributed by atoms with E-state index in [2.05, 4.69) is 4.72 Å². The summed E-state index contributed by atoms with van der Waals surface area (Å²) in [6, 6.07) is 7.88. The predicted octanol–water partition coefficient (Wildman–Crippen LogP) is 1.95. The molecule has 11 heteroatoms. The Balaban J connectivity index is 1.84. The predicted molar refractivity (Wildman–Crippen MR) is 118 cm³/mol. The van der Waals surface area contributed by atoms with Gasteiger partial charge in [-0.05, 0) is 56.2 Å². The van der Waals surface area contributed by atoms with Gasteiger partial charge < -0.3 is 4.90 Å². The molecule has 30 heavy (non-hydrogen) atoms. The number of aryl methyl sites for hydroxylation is 1. The van der Waals surface area contributed by atoms with Crippen LogP contribution in [-0.2, 0) is 24.8 Å². The van der Waals surface area contributed by atoms with Crippen molar-refractivity contribution in [2.75, 3.05) is 30.7 Å². The summed E-state index contributed by atoms with van der Waals surface area (Å²) < 4.78 is 53.8. The number of nitrogens with zero attached hydrogens (tertiary/aromatic N) is 2. The van der Waals surface area contributed by atoms with Gasteiger partial charge in [0.15, 0.2) is 0 Å². The molecule has 2 atom stereocenters. The number of carbonyl (C=O) groups is 1. The maximum atomic E-state index is 12.9. The van der Waals surface area contributed by atoms with E-state index >= 15 is 0 Å². The summed E-state index contributed by atoms with van der Waals surface area (Å²) in [5.74, 6) is -1.38. The van der Waals surface area contributed by atoms with Crippen LogP contribution < -0.4 is 9.03 Å². The second kappa shape index (κ2) is 8.39. The molecule has 0 radical (unpaired) electrons. The molecule has 1 fully saturated rings. The summed E-state index contributed by atoms with van der Waals surface area (Å²) in [5, 5.41) is 1.94. The van der Waals surface area contributed by atoms with Crippen LogP contribution in [0.1, 0.15) is 23.4 Å². The van der Waals surface area contributed by atoms with E-state index in [-0.39, 0.29) is 28.9 Å². The maximum Gasteiger partial charge on any atom is 0.244 e. The molecule has 0 spiro atoms. The van der Waals surface area contributed by atoms with Gasteiger partial charge in [0.05, 0.1) is 28.3 Å². The van der Waals surface area contributed by atoms with Gasteiger partial charge in [0.2, 0.25) is 26.0 Å². The molecule has 1 amide bonds. The van der Waals surface area contributed by atoms with Crippen LogP contribution in [0, 0.1) is 12.8 Å². The lowest BCUT2D eigenvalue weighted by Gasteiger charge is -2.24. The number of sulfonamides is 2. The number of nitrogens with one attached hydrogen (secondary N) is 1. The van der Waals surface area contributed by atoms with Gasteiger partial charge >= 0.3 is 0 Å². The highest BCUT2D eigenvalue weighted by Gasteiger charge is 2.42. The Hall–Kier alpha value is -1.79. The van der Waals surface area contributed by atoms with Gasteiger partial charge in [-0.15, -0.1) is 11.3 Å². The SMILES string of the molecule is Cc1cc(N2C(=O)C(C)CS2(=O)=O)ccc1S(=O)(=O)NCC(c1cccs1)N(C)C. The third-order valence-electron chi connectivity index (χ3n) is 5.00. The van der Waals surface area contributed by atoms with E-state index < -0.39 is 31.9 Å². The number of thiophene rings is 1. The first-order valence-corrected chi connectivity index (χ1v) is 13.3. The van der Waals surface area contributed by atoms with E-state index in [4.69, 9.17) is 0 Å². The van der Waals surface area contributed by atoms with Crippen LogP contribution in [0.15, 0.2) is 40.6 Å². The second-order valence-electron chi connectivity index (χ2n) is 7.58. The van der Waals surface area contributed by atoms with Crippen molar-refractivity contribution in [1.29, 1.82) is 0 Å². The van der Waals surface area contributed by atoms with Gasteiger partial charge in [0, 0.05) is 11.4 Å². The van der Waals surface area contributed by atoms with Gasteiger partial charge in [0.1, 0.15) is 0 Å². The molecule has 1 aliphatic rings. The molecule has 2 heterocycles. The van der Waals surface area contributed by atoms with E-state index in [0.29, 0.717) is 5.56 Å². The summed E-state index contributed by atoms with van der Waals surface area (Å²) in [6.45, 7) is 3.33. The van der Waals surface area contributed by atoms with Crippen LogP contribution in [0.4, 0.5) is 5.69 Å². The first-order chi connectivity index (χ1) is 13.9. The Bertz CT molecular complexity index is 1140. The van der Waals surface area contributed by atoms with Crippen LogP contribution in [-0.4, -0.2) is 54.0 Å². The van der Waals surface area contributed by atoms with Crippen molar-refractivity contribution in [2.24, 2.45) is 5.92 Å². The minimum Gasteiger partial charge on any atom is -0.300 e. The topological polar surface area (TPSA) is 104 Å². The molecule has 1 aromatic heterocycles. The zero-order valence-corrected chi connectivity index (χ0v) is 19.6. The van der Waals surface area contributed by atoms with E-state index in [9.17, 15) is 21.6 Å². The van der Waals surface area contributed by atoms with Crippen LogP contribution >= 0.6 is 11.3 Å². The molecule has 164 valence electrons. The average Bonchev–Trinajstić information content (AvgIpc) is 3.21. The molecular weight excluding hydrogens is 446 g/mol. The molecule has 1 N–H and O–H groups in total. The van der Waals surface area contributed by atoms with E-state index in [1.807, 2.05) is 36.5 Å². The lowest BCUT2D eigenvalue weighted by atomic mass is 10.2. The smallest absolute Gasteiger partial charge is 0.244 e. The number of hydrogen-bond donors (Lipinski definition) is 1.